The molecule has 88 valence electrons. The predicted molar refractivity (Wildman–Crippen MR) is 53.1 cm³/mol. The Balaban J connectivity index is 2.35. The van der Waals surface area contributed by atoms with Gasteiger partial charge in [0.2, 0.25) is 0 Å². The highest BCUT2D eigenvalue weighted by molar-refractivity contribution is 5.91. The number of rotatable bonds is 1. The van der Waals surface area contributed by atoms with E-state index in [1.54, 1.807) is 19.9 Å². The Kier molecular flexibility index (Phi) is 2.59. The van der Waals surface area contributed by atoms with Gasteiger partial charge in [0.15, 0.2) is 5.79 Å². The van der Waals surface area contributed by atoms with Crippen LogP contribution in [0.1, 0.15) is 13.8 Å². The number of ether oxygens (including phenoxy) is 3. The third-order valence-electron chi connectivity index (χ3n) is 2.51. The third-order valence-corrected chi connectivity index (χ3v) is 2.51. The van der Waals surface area contributed by atoms with Gasteiger partial charge < -0.3 is 14.2 Å². The van der Waals surface area contributed by atoms with Crippen molar-refractivity contribution in [3.05, 3.63) is 23.6 Å². The Morgan fingerprint density at radius 1 is 1.50 bits per heavy atom. The number of carbonyl (C=O) groups is 1. The van der Waals surface area contributed by atoms with Gasteiger partial charge in [0.25, 0.3) is 0 Å². The van der Waals surface area contributed by atoms with Crippen molar-refractivity contribution in [1.82, 2.24) is 0 Å². The molecule has 0 unspecified atom stereocenters. The summed E-state index contributed by atoms with van der Waals surface area (Å²) in [5.74, 6) is -2.18. The average Bonchev–Trinajstić information content (AvgIpc) is 2.51. The second-order valence-electron chi connectivity index (χ2n) is 4.13. The largest absolute Gasteiger partial charge is 0.466 e. The molecule has 4 nitrogen and oxygen atoms in total. The first-order valence-electron chi connectivity index (χ1n) is 4.96. The third kappa shape index (κ3) is 1.76. The topological polar surface area (TPSA) is 44.8 Å². The van der Waals surface area contributed by atoms with Crippen LogP contribution in [-0.2, 0) is 19.0 Å². The van der Waals surface area contributed by atoms with E-state index in [1.165, 1.54) is 13.2 Å². The van der Waals surface area contributed by atoms with Crippen molar-refractivity contribution >= 4 is 5.97 Å². The molecular formula is C11H13FO4. The molecule has 0 bridgehead atoms. The highest BCUT2D eigenvalue weighted by Crippen LogP contribution is 2.37. The predicted octanol–water partition coefficient (Wildman–Crippen LogP) is 1.47. The van der Waals surface area contributed by atoms with Crippen molar-refractivity contribution in [1.29, 1.82) is 0 Å². The molecule has 1 aliphatic heterocycles. The number of carbonyl (C=O) groups excluding carboxylic acids is 1. The number of hydrogen-bond acceptors (Lipinski definition) is 4. The summed E-state index contributed by atoms with van der Waals surface area (Å²) in [6.07, 6.45) is 1.58. The van der Waals surface area contributed by atoms with Crippen molar-refractivity contribution in [3.8, 4) is 0 Å². The lowest BCUT2D eigenvalue weighted by atomic mass is 9.98. The number of fused-ring (bicyclic) bond motifs is 1. The minimum Gasteiger partial charge on any atom is -0.466 e. The lowest BCUT2D eigenvalue weighted by Crippen LogP contribution is -2.31. The molecule has 0 N–H and O–H groups in total. The van der Waals surface area contributed by atoms with Crippen molar-refractivity contribution < 1.29 is 23.4 Å². The molecule has 2 aliphatic rings. The molecule has 0 spiro atoms. The molecule has 0 aromatic heterocycles. The number of hydrogen-bond donors (Lipinski definition) is 0. The molecule has 1 saturated heterocycles. The molecule has 0 aromatic rings. The number of methoxy groups -OCH3 is 1. The van der Waals surface area contributed by atoms with Crippen LogP contribution in [0.3, 0.4) is 0 Å². The van der Waals surface area contributed by atoms with Crippen LogP contribution in [0.25, 0.3) is 0 Å². The first kappa shape index (κ1) is 11.3. The fraction of sp³-hybridized carbons (Fsp3) is 0.545. The van der Waals surface area contributed by atoms with E-state index in [-0.39, 0.29) is 5.57 Å². The molecule has 1 fully saturated rings. The van der Waals surface area contributed by atoms with Crippen LogP contribution in [0.5, 0.6) is 0 Å². The zero-order valence-electron chi connectivity index (χ0n) is 9.32. The summed E-state index contributed by atoms with van der Waals surface area (Å²) in [7, 11) is 1.21. The Bertz CT molecular complexity index is 383. The summed E-state index contributed by atoms with van der Waals surface area (Å²) in [6.45, 7) is 3.43. The summed E-state index contributed by atoms with van der Waals surface area (Å²) < 4.78 is 29.1. The van der Waals surface area contributed by atoms with E-state index in [2.05, 4.69) is 4.74 Å². The van der Waals surface area contributed by atoms with Gasteiger partial charge in [0, 0.05) is 0 Å². The molecular weight excluding hydrogens is 215 g/mol. The normalized spacial score (nSPS) is 31.5. The van der Waals surface area contributed by atoms with Crippen molar-refractivity contribution in [3.63, 3.8) is 0 Å². The molecule has 1 aliphatic carbocycles. The van der Waals surface area contributed by atoms with Gasteiger partial charge in [-0.1, -0.05) is 0 Å². The Hall–Kier alpha value is -1.20. The van der Waals surface area contributed by atoms with Gasteiger partial charge in [-0.15, -0.1) is 0 Å². The minimum absolute atomic E-state index is 0.111. The zero-order valence-corrected chi connectivity index (χ0v) is 9.32. The molecule has 2 atom stereocenters. The van der Waals surface area contributed by atoms with Crippen molar-refractivity contribution in [2.45, 2.75) is 31.8 Å². The molecule has 2 rings (SSSR count). The lowest BCUT2D eigenvalue weighted by molar-refractivity contribution is -0.145. The van der Waals surface area contributed by atoms with Crippen molar-refractivity contribution in [2.24, 2.45) is 0 Å². The van der Waals surface area contributed by atoms with Crippen LogP contribution < -0.4 is 0 Å². The lowest BCUT2D eigenvalue weighted by Gasteiger charge is -2.19. The fourth-order valence-electron chi connectivity index (χ4n) is 1.88. The second-order valence-corrected chi connectivity index (χ2v) is 4.13. The highest BCUT2D eigenvalue weighted by atomic mass is 19.1. The van der Waals surface area contributed by atoms with Crippen LogP contribution in [0.2, 0.25) is 0 Å². The SMILES string of the molecule is COC(=O)C1=C(F)C=C[C@@H]2OC(C)(C)O[C@H]12. The quantitative estimate of drug-likeness (QED) is 0.637. The van der Waals surface area contributed by atoms with E-state index in [4.69, 9.17) is 9.47 Å². The number of halogens is 1. The minimum atomic E-state index is -0.830. The van der Waals surface area contributed by atoms with E-state index in [1.807, 2.05) is 0 Å². The van der Waals surface area contributed by atoms with Gasteiger partial charge in [-0.25, -0.2) is 9.18 Å². The Morgan fingerprint density at radius 2 is 2.19 bits per heavy atom. The second kappa shape index (κ2) is 3.68. The molecule has 0 aromatic carbocycles. The van der Waals surface area contributed by atoms with Crippen LogP contribution in [-0.4, -0.2) is 31.1 Å². The standard InChI is InChI=1S/C11H13FO4/c1-11(2)15-7-5-4-6(12)8(9(7)16-11)10(13)14-3/h4-5,7,9H,1-3H3/t7-,9-/m0/s1. The maximum Gasteiger partial charge on any atom is 0.339 e. The van der Waals surface area contributed by atoms with Gasteiger partial charge in [-0.3, -0.25) is 0 Å². The Morgan fingerprint density at radius 3 is 2.81 bits per heavy atom. The first-order chi connectivity index (χ1) is 7.44. The summed E-state index contributed by atoms with van der Waals surface area (Å²) in [4.78, 5) is 11.4. The highest BCUT2D eigenvalue weighted by Gasteiger charge is 2.46. The maximum absolute atomic E-state index is 13.5. The van der Waals surface area contributed by atoms with E-state index in [0.29, 0.717) is 0 Å². The van der Waals surface area contributed by atoms with Crippen LogP contribution in [0, 0.1) is 0 Å². The summed E-state index contributed by atoms with van der Waals surface area (Å²) in [6, 6.07) is 0. The van der Waals surface area contributed by atoms with Gasteiger partial charge in [0.05, 0.1) is 7.11 Å². The summed E-state index contributed by atoms with van der Waals surface area (Å²) in [5, 5.41) is 0. The van der Waals surface area contributed by atoms with Crippen LogP contribution in [0.4, 0.5) is 4.39 Å². The summed E-state index contributed by atoms with van der Waals surface area (Å²) in [5.41, 5.74) is -0.111. The monoisotopic (exact) mass is 228 g/mol. The van der Waals surface area contributed by atoms with E-state index in [0.717, 1.165) is 0 Å². The van der Waals surface area contributed by atoms with E-state index in [9.17, 15) is 9.18 Å². The molecule has 0 saturated carbocycles. The van der Waals surface area contributed by atoms with Crippen molar-refractivity contribution in [2.75, 3.05) is 7.11 Å². The number of allylic oxidation sites excluding steroid dienone is 2. The zero-order chi connectivity index (χ0) is 11.9. The van der Waals surface area contributed by atoms with Gasteiger partial charge in [-0.05, 0) is 26.0 Å². The van der Waals surface area contributed by atoms with Crippen LogP contribution >= 0.6 is 0 Å². The maximum atomic E-state index is 13.5. The molecule has 0 radical (unpaired) electrons. The van der Waals surface area contributed by atoms with E-state index >= 15 is 0 Å². The molecule has 5 heteroatoms. The molecule has 1 heterocycles. The average molecular weight is 228 g/mol. The van der Waals surface area contributed by atoms with Gasteiger partial charge in [0.1, 0.15) is 23.6 Å². The van der Waals surface area contributed by atoms with Gasteiger partial charge >= 0.3 is 5.97 Å². The summed E-state index contributed by atoms with van der Waals surface area (Å²) >= 11 is 0. The molecule has 0 amide bonds. The first-order valence-corrected chi connectivity index (χ1v) is 4.96. The van der Waals surface area contributed by atoms with E-state index < -0.39 is 29.8 Å². The van der Waals surface area contributed by atoms with Crippen LogP contribution in [0.15, 0.2) is 23.6 Å². The fourth-order valence-corrected chi connectivity index (χ4v) is 1.88. The van der Waals surface area contributed by atoms with Gasteiger partial charge in [-0.2, -0.15) is 0 Å². The Labute approximate surface area is 92.7 Å². The smallest absolute Gasteiger partial charge is 0.339 e. The molecule has 16 heavy (non-hydrogen) atoms. The number of esters is 1.